The summed E-state index contributed by atoms with van der Waals surface area (Å²) in [6, 6.07) is 19.6. The molecule has 0 saturated carbocycles. The van der Waals surface area contributed by atoms with Crippen molar-refractivity contribution in [2.45, 2.75) is 26.2 Å². The maximum atomic E-state index is 11.6. The molecule has 0 spiro atoms. The van der Waals surface area contributed by atoms with Gasteiger partial charge in [0.2, 0.25) is 0 Å². The molecule has 2 aromatic carbocycles. The highest BCUT2D eigenvalue weighted by Crippen LogP contribution is 2.37. The van der Waals surface area contributed by atoms with Gasteiger partial charge in [0.1, 0.15) is 0 Å². The molecule has 1 aromatic heterocycles. The van der Waals surface area contributed by atoms with E-state index in [0.29, 0.717) is 5.92 Å². The fraction of sp³-hybridized carbons (Fsp3) is 0.148. The molecule has 0 fully saturated rings. The predicted molar refractivity (Wildman–Crippen MR) is 125 cm³/mol. The second-order valence-corrected chi connectivity index (χ2v) is 7.21. The van der Waals surface area contributed by atoms with E-state index in [2.05, 4.69) is 43.2 Å². The van der Waals surface area contributed by atoms with Gasteiger partial charge in [-0.15, -0.1) is 0 Å². The van der Waals surface area contributed by atoms with Crippen LogP contribution < -0.4 is 0 Å². The molecular weight excluding hydrogens is 370 g/mol. The van der Waals surface area contributed by atoms with Crippen molar-refractivity contribution in [3.8, 4) is 16.8 Å². The molecule has 30 heavy (non-hydrogen) atoms. The summed E-state index contributed by atoms with van der Waals surface area (Å²) in [6.07, 6.45) is 10.5. The Bertz CT molecular complexity index is 1090. The van der Waals surface area contributed by atoms with Gasteiger partial charge in [-0.2, -0.15) is 0 Å². The number of hydrogen-bond donors (Lipinski definition) is 1. The second-order valence-electron chi connectivity index (χ2n) is 7.21. The molecule has 0 amide bonds. The first-order valence-electron chi connectivity index (χ1n) is 10.2. The SMILES string of the molecule is C=C/C=C\C=C\c1cc(-c2ccccc2)c(C(C)CC)n1-c1cccc(C(=O)O)c1. The first-order chi connectivity index (χ1) is 14.6. The van der Waals surface area contributed by atoms with E-state index in [0.717, 1.165) is 28.9 Å². The average Bonchev–Trinajstić information content (AvgIpc) is 3.16. The van der Waals surface area contributed by atoms with Gasteiger partial charge in [0.25, 0.3) is 0 Å². The zero-order valence-corrected chi connectivity index (χ0v) is 17.5. The van der Waals surface area contributed by atoms with Gasteiger partial charge in [-0.25, -0.2) is 4.79 Å². The lowest BCUT2D eigenvalue weighted by molar-refractivity contribution is 0.0697. The van der Waals surface area contributed by atoms with Gasteiger partial charge >= 0.3 is 5.97 Å². The largest absolute Gasteiger partial charge is 0.478 e. The summed E-state index contributed by atoms with van der Waals surface area (Å²) in [5.74, 6) is -0.636. The number of allylic oxidation sites excluding steroid dienone is 4. The maximum absolute atomic E-state index is 11.6. The quantitative estimate of drug-likeness (QED) is 0.411. The first kappa shape index (κ1) is 21.1. The van der Waals surface area contributed by atoms with Crippen molar-refractivity contribution in [3.05, 3.63) is 108 Å². The van der Waals surface area contributed by atoms with E-state index in [1.165, 1.54) is 5.69 Å². The molecule has 1 unspecified atom stereocenters. The molecule has 0 radical (unpaired) electrons. The average molecular weight is 398 g/mol. The molecule has 0 saturated heterocycles. The van der Waals surface area contributed by atoms with Crippen LogP contribution in [-0.4, -0.2) is 15.6 Å². The zero-order valence-electron chi connectivity index (χ0n) is 17.5. The highest BCUT2D eigenvalue weighted by molar-refractivity contribution is 5.88. The van der Waals surface area contributed by atoms with Crippen LogP contribution in [0, 0.1) is 0 Å². The van der Waals surface area contributed by atoms with Gasteiger partial charge in [-0.1, -0.05) is 81.1 Å². The third kappa shape index (κ3) is 4.52. The topological polar surface area (TPSA) is 42.2 Å². The van der Waals surface area contributed by atoms with Gasteiger partial charge in [-0.05, 0) is 48.2 Å². The Balaban J connectivity index is 2.30. The van der Waals surface area contributed by atoms with E-state index in [1.807, 2.05) is 48.6 Å². The number of rotatable bonds is 8. The standard InChI is InChI=1S/C27H27NO2/c1-4-6-7-11-16-24-19-25(21-13-9-8-10-14-21)26(20(3)5-2)28(24)23-17-12-15-22(18-23)27(29)30/h4,6-20H,1,5H2,2-3H3,(H,29,30)/b7-6-,16-11+. The Labute approximate surface area is 178 Å². The van der Waals surface area contributed by atoms with Crippen molar-refractivity contribution in [1.29, 1.82) is 0 Å². The lowest BCUT2D eigenvalue weighted by Gasteiger charge is -2.19. The summed E-state index contributed by atoms with van der Waals surface area (Å²) >= 11 is 0. The van der Waals surface area contributed by atoms with Gasteiger partial charge in [-0.3, -0.25) is 0 Å². The number of carboxylic acids is 1. The third-order valence-electron chi connectivity index (χ3n) is 5.21. The second kappa shape index (κ2) is 9.75. The Morgan fingerprint density at radius 3 is 2.50 bits per heavy atom. The fourth-order valence-electron chi connectivity index (χ4n) is 3.56. The maximum Gasteiger partial charge on any atom is 0.335 e. The van der Waals surface area contributed by atoms with Crippen LogP contribution >= 0.6 is 0 Å². The molecular formula is C27H27NO2. The van der Waals surface area contributed by atoms with Crippen molar-refractivity contribution in [3.63, 3.8) is 0 Å². The molecule has 1 atom stereocenters. The van der Waals surface area contributed by atoms with Crippen LogP contribution in [0.3, 0.4) is 0 Å². The molecule has 0 aliphatic carbocycles. The van der Waals surface area contributed by atoms with Crippen LogP contribution in [0.4, 0.5) is 0 Å². The van der Waals surface area contributed by atoms with E-state index in [4.69, 9.17) is 0 Å². The van der Waals surface area contributed by atoms with E-state index in [1.54, 1.807) is 24.3 Å². The number of hydrogen-bond acceptors (Lipinski definition) is 1. The van der Waals surface area contributed by atoms with Crippen molar-refractivity contribution in [2.75, 3.05) is 0 Å². The van der Waals surface area contributed by atoms with Crippen LogP contribution in [-0.2, 0) is 0 Å². The van der Waals surface area contributed by atoms with E-state index in [-0.39, 0.29) is 5.56 Å². The number of nitrogens with zero attached hydrogens (tertiary/aromatic N) is 1. The Morgan fingerprint density at radius 2 is 1.83 bits per heavy atom. The molecule has 0 aliphatic heterocycles. The highest BCUT2D eigenvalue weighted by Gasteiger charge is 2.21. The third-order valence-corrected chi connectivity index (χ3v) is 5.21. The van der Waals surface area contributed by atoms with Crippen molar-refractivity contribution in [1.82, 2.24) is 4.57 Å². The number of aromatic carboxylic acids is 1. The molecule has 0 aliphatic rings. The van der Waals surface area contributed by atoms with Gasteiger partial charge in [0.05, 0.1) is 5.56 Å². The summed E-state index contributed by atoms with van der Waals surface area (Å²) in [7, 11) is 0. The minimum Gasteiger partial charge on any atom is -0.478 e. The van der Waals surface area contributed by atoms with Gasteiger partial charge < -0.3 is 9.67 Å². The fourth-order valence-corrected chi connectivity index (χ4v) is 3.56. The smallest absolute Gasteiger partial charge is 0.335 e. The number of carbonyl (C=O) groups is 1. The van der Waals surface area contributed by atoms with E-state index < -0.39 is 5.97 Å². The Hall–Kier alpha value is -3.59. The number of aromatic nitrogens is 1. The summed E-state index contributed by atoms with van der Waals surface area (Å²) in [6.45, 7) is 8.09. The summed E-state index contributed by atoms with van der Waals surface area (Å²) in [5.41, 5.74) is 5.62. The molecule has 3 aromatic rings. The van der Waals surface area contributed by atoms with Crippen molar-refractivity contribution in [2.24, 2.45) is 0 Å². The lowest BCUT2D eigenvalue weighted by atomic mass is 9.96. The predicted octanol–water partition coefficient (Wildman–Crippen LogP) is 7.11. The van der Waals surface area contributed by atoms with Crippen molar-refractivity contribution >= 4 is 12.0 Å². The number of carboxylic acid groups (broad SMARTS) is 1. The van der Waals surface area contributed by atoms with Crippen LogP contribution in [0.1, 0.15) is 47.9 Å². The van der Waals surface area contributed by atoms with Crippen LogP contribution in [0.5, 0.6) is 0 Å². The molecule has 1 heterocycles. The lowest BCUT2D eigenvalue weighted by Crippen LogP contribution is -2.07. The summed E-state index contributed by atoms with van der Waals surface area (Å²) in [5, 5.41) is 9.49. The van der Waals surface area contributed by atoms with Crippen molar-refractivity contribution < 1.29 is 9.90 Å². The molecule has 152 valence electrons. The molecule has 3 heteroatoms. The summed E-state index contributed by atoms with van der Waals surface area (Å²) in [4.78, 5) is 11.6. The zero-order chi connectivity index (χ0) is 21.5. The van der Waals surface area contributed by atoms with E-state index >= 15 is 0 Å². The molecule has 3 nitrogen and oxygen atoms in total. The summed E-state index contributed by atoms with van der Waals surface area (Å²) < 4.78 is 2.18. The first-order valence-corrected chi connectivity index (χ1v) is 10.2. The Morgan fingerprint density at radius 1 is 1.07 bits per heavy atom. The normalized spacial score (nSPS) is 12.5. The molecule has 1 N–H and O–H groups in total. The Kier molecular flexibility index (Phi) is 6.87. The minimum atomic E-state index is -0.927. The molecule has 0 bridgehead atoms. The monoisotopic (exact) mass is 397 g/mol. The van der Waals surface area contributed by atoms with E-state index in [9.17, 15) is 9.90 Å². The van der Waals surface area contributed by atoms with Crippen LogP contribution in [0.25, 0.3) is 22.9 Å². The number of benzene rings is 2. The van der Waals surface area contributed by atoms with Gasteiger partial charge in [0.15, 0.2) is 0 Å². The minimum absolute atomic E-state index is 0.277. The van der Waals surface area contributed by atoms with Crippen LogP contribution in [0.2, 0.25) is 0 Å². The van der Waals surface area contributed by atoms with Gasteiger partial charge in [0, 0.05) is 22.6 Å². The van der Waals surface area contributed by atoms with Crippen LogP contribution in [0.15, 0.2) is 91.5 Å². The molecule has 3 rings (SSSR count). The highest BCUT2D eigenvalue weighted by atomic mass is 16.4.